The summed E-state index contributed by atoms with van der Waals surface area (Å²) in [5, 5.41) is 9.41. The van der Waals surface area contributed by atoms with Gasteiger partial charge in [0.2, 0.25) is 5.91 Å². The van der Waals surface area contributed by atoms with Gasteiger partial charge in [0.1, 0.15) is 18.4 Å². The second-order valence-electron chi connectivity index (χ2n) is 5.62. The SMILES string of the molecule is O=C(O)C1OCC(=O)N(C2CCCCC2)C1c1ccco1. The van der Waals surface area contributed by atoms with Crippen LogP contribution in [0, 0.1) is 0 Å². The van der Waals surface area contributed by atoms with E-state index in [2.05, 4.69) is 0 Å². The number of morpholine rings is 1. The molecule has 2 fully saturated rings. The molecule has 21 heavy (non-hydrogen) atoms. The van der Waals surface area contributed by atoms with E-state index in [-0.39, 0.29) is 18.6 Å². The summed E-state index contributed by atoms with van der Waals surface area (Å²) in [7, 11) is 0. The number of furan rings is 1. The molecule has 1 saturated carbocycles. The summed E-state index contributed by atoms with van der Waals surface area (Å²) in [5.74, 6) is -0.744. The van der Waals surface area contributed by atoms with Gasteiger partial charge in [-0.3, -0.25) is 4.79 Å². The van der Waals surface area contributed by atoms with Crippen LogP contribution in [0.15, 0.2) is 22.8 Å². The normalized spacial score (nSPS) is 27.8. The zero-order valence-corrected chi connectivity index (χ0v) is 11.7. The molecular weight excluding hydrogens is 274 g/mol. The Kier molecular flexibility index (Phi) is 3.96. The van der Waals surface area contributed by atoms with E-state index >= 15 is 0 Å². The first kappa shape index (κ1) is 14.1. The van der Waals surface area contributed by atoms with Crippen LogP contribution in [0.1, 0.15) is 43.9 Å². The van der Waals surface area contributed by atoms with E-state index in [1.54, 1.807) is 17.0 Å². The molecule has 1 saturated heterocycles. The third-order valence-electron chi connectivity index (χ3n) is 4.31. The van der Waals surface area contributed by atoms with Crippen LogP contribution >= 0.6 is 0 Å². The highest BCUT2D eigenvalue weighted by Crippen LogP contribution is 2.36. The smallest absolute Gasteiger partial charge is 0.335 e. The summed E-state index contributed by atoms with van der Waals surface area (Å²) in [6.07, 6.45) is 5.55. The van der Waals surface area contributed by atoms with Gasteiger partial charge < -0.3 is 19.2 Å². The number of hydrogen-bond acceptors (Lipinski definition) is 4. The Morgan fingerprint density at radius 3 is 2.67 bits per heavy atom. The second kappa shape index (κ2) is 5.89. The number of carbonyl (C=O) groups is 2. The van der Waals surface area contributed by atoms with Crippen LogP contribution in [0.3, 0.4) is 0 Å². The van der Waals surface area contributed by atoms with Crippen molar-refractivity contribution < 1.29 is 23.8 Å². The Labute approximate surface area is 122 Å². The van der Waals surface area contributed by atoms with Gasteiger partial charge in [0.15, 0.2) is 6.10 Å². The van der Waals surface area contributed by atoms with Crippen LogP contribution in [0.4, 0.5) is 0 Å². The first-order valence-electron chi connectivity index (χ1n) is 7.37. The van der Waals surface area contributed by atoms with Crippen molar-refractivity contribution in [3.8, 4) is 0 Å². The van der Waals surface area contributed by atoms with Gasteiger partial charge in [0, 0.05) is 6.04 Å². The van der Waals surface area contributed by atoms with E-state index in [1.165, 1.54) is 12.7 Å². The molecule has 0 radical (unpaired) electrons. The predicted molar refractivity (Wildman–Crippen MR) is 72.5 cm³/mol. The van der Waals surface area contributed by atoms with Crippen LogP contribution in [-0.2, 0) is 14.3 Å². The lowest BCUT2D eigenvalue weighted by molar-refractivity contribution is -0.178. The van der Waals surface area contributed by atoms with E-state index < -0.39 is 18.1 Å². The van der Waals surface area contributed by atoms with Crippen molar-refractivity contribution in [1.82, 2.24) is 4.90 Å². The van der Waals surface area contributed by atoms with Crippen LogP contribution in [-0.4, -0.2) is 40.6 Å². The van der Waals surface area contributed by atoms with Crippen molar-refractivity contribution in [3.63, 3.8) is 0 Å². The van der Waals surface area contributed by atoms with Crippen LogP contribution in [0.5, 0.6) is 0 Å². The third kappa shape index (κ3) is 2.68. The lowest BCUT2D eigenvalue weighted by atomic mass is 9.91. The summed E-state index contributed by atoms with van der Waals surface area (Å²) in [6.45, 7) is -0.176. The van der Waals surface area contributed by atoms with E-state index in [0.717, 1.165) is 25.7 Å². The van der Waals surface area contributed by atoms with Gasteiger partial charge in [-0.2, -0.15) is 0 Å². The van der Waals surface area contributed by atoms with E-state index in [9.17, 15) is 14.7 Å². The van der Waals surface area contributed by atoms with Crippen LogP contribution in [0.25, 0.3) is 0 Å². The van der Waals surface area contributed by atoms with Crippen LogP contribution in [0.2, 0.25) is 0 Å². The zero-order valence-electron chi connectivity index (χ0n) is 11.7. The molecule has 2 aliphatic rings. The Balaban J connectivity index is 1.95. The number of amides is 1. The third-order valence-corrected chi connectivity index (χ3v) is 4.31. The molecule has 1 aromatic rings. The van der Waals surface area contributed by atoms with Gasteiger partial charge in [0.25, 0.3) is 0 Å². The standard InChI is InChI=1S/C15H19NO5/c17-12-9-21-14(15(18)19)13(11-7-4-8-20-11)16(12)10-5-2-1-3-6-10/h4,7-8,10,13-14H,1-3,5-6,9H2,(H,18,19). The Bertz CT molecular complexity index is 506. The Hall–Kier alpha value is -1.82. The summed E-state index contributed by atoms with van der Waals surface area (Å²) in [6, 6.07) is 2.80. The number of ether oxygens (including phenoxy) is 1. The van der Waals surface area contributed by atoms with E-state index in [4.69, 9.17) is 9.15 Å². The molecule has 0 spiro atoms. The molecule has 1 aromatic heterocycles. The minimum atomic E-state index is -1.07. The number of hydrogen-bond donors (Lipinski definition) is 1. The van der Waals surface area contributed by atoms with Gasteiger partial charge >= 0.3 is 5.97 Å². The van der Waals surface area contributed by atoms with Crippen molar-refractivity contribution in [2.45, 2.75) is 50.3 Å². The largest absolute Gasteiger partial charge is 0.479 e. The first-order valence-corrected chi connectivity index (χ1v) is 7.37. The summed E-state index contributed by atoms with van der Waals surface area (Å²) in [5.41, 5.74) is 0. The van der Waals surface area contributed by atoms with Gasteiger partial charge in [0.05, 0.1) is 6.26 Å². The highest BCUT2D eigenvalue weighted by atomic mass is 16.5. The molecule has 1 N–H and O–H groups in total. The van der Waals surface area contributed by atoms with Crippen molar-refractivity contribution in [2.75, 3.05) is 6.61 Å². The summed E-state index contributed by atoms with van der Waals surface area (Å²) >= 11 is 0. The minimum absolute atomic E-state index is 0.0760. The average molecular weight is 293 g/mol. The monoisotopic (exact) mass is 293 g/mol. The van der Waals surface area contributed by atoms with Gasteiger partial charge in [-0.05, 0) is 25.0 Å². The molecule has 1 amide bonds. The quantitative estimate of drug-likeness (QED) is 0.921. The molecule has 2 unspecified atom stereocenters. The molecule has 2 atom stereocenters. The van der Waals surface area contributed by atoms with Crippen LogP contribution < -0.4 is 0 Å². The molecule has 1 aliphatic carbocycles. The topological polar surface area (TPSA) is 80.0 Å². The second-order valence-corrected chi connectivity index (χ2v) is 5.62. The fourth-order valence-electron chi connectivity index (χ4n) is 3.37. The minimum Gasteiger partial charge on any atom is -0.479 e. The fraction of sp³-hybridized carbons (Fsp3) is 0.600. The number of rotatable bonds is 3. The number of carboxylic acid groups (broad SMARTS) is 1. The molecule has 2 heterocycles. The van der Waals surface area contributed by atoms with Gasteiger partial charge in [-0.25, -0.2) is 4.79 Å². The zero-order chi connectivity index (χ0) is 14.8. The lowest BCUT2D eigenvalue weighted by Crippen LogP contribution is -2.55. The molecule has 0 bridgehead atoms. The maximum Gasteiger partial charge on any atom is 0.335 e. The average Bonchev–Trinajstić information content (AvgIpc) is 3.01. The Morgan fingerprint density at radius 2 is 2.05 bits per heavy atom. The maximum absolute atomic E-state index is 12.3. The van der Waals surface area contributed by atoms with Crippen molar-refractivity contribution >= 4 is 11.9 Å². The molecule has 6 nitrogen and oxygen atoms in total. The lowest BCUT2D eigenvalue weighted by Gasteiger charge is -2.44. The predicted octanol–water partition coefficient (Wildman–Crippen LogP) is 1.97. The highest BCUT2D eigenvalue weighted by molar-refractivity contribution is 5.83. The summed E-state index contributed by atoms with van der Waals surface area (Å²) in [4.78, 5) is 25.5. The molecule has 6 heteroatoms. The highest BCUT2D eigenvalue weighted by Gasteiger charge is 2.46. The number of carboxylic acids is 1. The van der Waals surface area contributed by atoms with E-state index in [0.29, 0.717) is 5.76 Å². The molecule has 1 aliphatic heterocycles. The number of carbonyl (C=O) groups excluding carboxylic acids is 1. The molecule has 114 valence electrons. The number of nitrogens with zero attached hydrogens (tertiary/aromatic N) is 1. The van der Waals surface area contributed by atoms with Crippen molar-refractivity contribution in [2.24, 2.45) is 0 Å². The van der Waals surface area contributed by atoms with Gasteiger partial charge in [-0.1, -0.05) is 19.3 Å². The first-order chi connectivity index (χ1) is 10.2. The maximum atomic E-state index is 12.3. The molecular formula is C15H19NO5. The Morgan fingerprint density at radius 1 is 1.29 bits per heavy atom. The molecule has 0 aromatic carbocycles. The fourth-order valence-corrected chi connectivity index (χ4v) is 3.37. The summed E-state index contributed by atoms with van der Waals surface area (Å²) < 4.78 is 10.6. The van der Waals surface area contributed by atoms with E-state index in [1.807, 2.05) is 0 Å². The van der Waals surface area contributed by atoms with Crippen molar-refractivity contribution in [1.29, 1.82) is 0 Å². The number of aliphatic carboxylic acids is 1. The van der Waals surface area contributed by atoms with Crippen molar-refractivity contribution in [3.05, 3.63) is 24.2 Å². The molecule has 3 rings (SSSR count). The van der Waals surface area contributed by atoms with Gasteiger partial charge in [-0.15, -0.1) is 0 Å².